The van der Waals surface area contributed by atoms with Gasteiger partial charge < -0.3 is 4.74 Å². The van der Waals surface area contributed by atoms with Crippen molar-refractivity contribution in [3.8, 4) is 22.4 Å². The summed E-state index contributed by atoms with van der Waals surface area (Å²) in [4.78, 5) is 5.93. The number of hydrogen-bond donors (Lipinski definition) is 0. The molecule has 2 aromatic carbocycles. The van der Waals surface area contributed by atoms with Crippen molar-refractivity contribution in [2.45, 2.75) is 13.3 Å². The number of nitriles is 1. The van der Waals surface area contributed by atoms with Gasteiger partial charge in [-0.1, -0.05) is 36.4 Å². The second kappa shape index (κ2) is 7.08. The van der Waals surface area contributed by atoms with Crippen molar-refractivity contribution >= 4 is 11.3 Å². The number of thiazole rings is 1. The first-order valence-corrected chi connectivity index (χ1v) is 8.15. The summed E-state index contributed by atoms with van der Waals surface area (Å²) >= 11 is 1.70. The summed E-state index contributed by atoms with van der Waals surface area (Å²) in [7, 11) is 0. The van der Waals surface area contributed by atoms with E-state index in [0.29, 0.717) is 17.9 Å². The van der Waals surface area contributed by atoms with Crippen LogP contribution in [0.2, 0.25) is 0 Å². The van der Waals surface area contributed by atoms with Gasteiger partial charge in [-0.3, -0.25) is 0 Å². The van der Waals surface area contributed by atoms with E-state index in [1.807, 2.05) is 24.3 Å². The normalized spacial score (nSPS) is 10.3. The molecule has 3 nitrogen and oxygen atoms in total. The van der Waals surface area contributed by atoms with Gasteiger partial charge in [0.15, 0.2) is 0 Å². The first-order valence-electron chi connectivity index (χ1n) is 7.33. The number of rotatable bonds is 5. The molecule has 0 atom stereocenters. The van der Waals surface area contributed by atoms with Crippen molar-refractivity contribution in [1.29, 1.82) is 5.26 Å². The van der Waals surface area contributed by atoms with Gasteiger partial charge in [-0.25, -0.2) is 4.98 Å². The minimum absolute atomic E-state index is 0.485. The van der Waals surface area contributed by atoms with E-state index in [2.05, 4.69) is 31.2 Å². The highest BCUT2D eigenvalue weighted by Crippen LogP contribution is 2.27. The zero-order valence-electron chi connectivity index (χ0n) is 12.7. The molecule has 0 bridgehead atoms. The van der Waals surface area contributed by atoms with Crippen LogP contribution in [0.4, 0.5) is 0 Å². The summed E-state index contributed by atoms with van der Waals surface area (Å²) in [6, 6.07) is 20.5. The Balaban J connectivity index is 1.65. The number of nitrogens with zero attached hydrogens (tertiary/aromatic N) is 2. The molecule has 0 saturated carbocycles. The Morgan fingerprint density at radius 2 is 2.00 bits per heavy atom. The number of aryl methyl sites for hydroxylation is 1. The zero-order valence-corrected chi connectivity index (χ0v) is 13.6. The summed E-state index contributed by atoms with van der Waals surface area (Å²) in [6.07, 6.45) is 0.736. The maximum absolute atomic E-state index is 8.87. The van der Waals surface area contributed by atoms with Gasteiger partial charge in [-0.05, 0) is 19.1 Å². The number of aromatic nitrogens is 1. The van der Waals surface area contributed by atoms with E-state index in [9.17, 15) is 0 Å². The first kappa shape index (κ1) is 15.3. The van der Waals surface area contributed by atoms with Crippen LogP contribution in [0.3, 0.4) is 0 Å². The SMILES string of the molecule is Cc1sc(-c2ccccc2)nc1CCOc1[c]c(C#N)ccc1. The molecule has 23 heavy (non-hydrogen) atoms. The average Bonchev–Trinajstić information content (AvgIpc) is 2.97. The van der Waals surface area contributed by atoms with Gasteiger partial charge in [-0.2, -0.15) is 5.26 Å². The molecule has 0 saturated heterocycles. The van der Waals surface area contributed by atoms with Crippen LogP contribution in [-0.2, 0) is 6.42 Å². The molecule has 0 unspecified atom stereocenters. The second-order valence-electron chi connectivity index (χ2n) is 5.03. The highest BCUT2D eigenvalue weighted by atomic mass is 32.1. The highest BCUT2D eigenvalue weighted by Gasteiger charge is 2.09. The highest BCUT2D eigenvalue weighted by molar-refractivity contribution is 7.15. The van der Waals surface area contributed by atoms with E-state index in [0.717, 1.165) is 22.7 Å². The van der Waals surface area contributed by atoms with Crippen molar-refractivity contribution < 1.29 is 4.74 Å². The van der Waals surface area contributed by atoms with Crippen LogP contribution < -0.4 is 4.74 Å². The Kier molecular flexibility index (Phi) is 4.70. The molecule has 0 N–H and O–H groups in total. The first-order chi connectivity index (χ1) is 11.3. The van der Waals surface area contributed by atoms with E-state index >= 15 is 0 Å². The fourth-order valence-corrected chi connectivity index (χ4v) is 3.18. The van der Waals surface area contributed by atoms with E-state index in [1.165, 1.54) is 4.88 Å². The molecular weight excluding hydrogens is 304 g/mol. The molecular formula is C19H15N2OS. The fraction of sp³-hybridized carbons (Fsp3) is 0.158. The lowest BCUT2D eigenvalue weighted by Crippen LogP contribution is -2.03. The molecule has 1 radical (unpaired) electrons. The molecule has 1 heterocycles. The number of hydrogen-bond acceptors (Lipinski definition) is 4. The van der Waals surface area contributed by atoms with Gasteiger partial charge in [0.1, 0.15) is 10.8 Å². The minimum Gasteiger partial charge on any atom is -0.492 e. The van der Waals surface area contributed by atoms with Gasteiger partial charge in [0.05, 0.1) is 23.9 Å². The Bertz CT molecular complexity index is 834. The largest absolute Gasteiger partial charge is 0.492 e. The molecule has 1 aromatic heterocycles. The molecule has 0 aliphatic heterocycles. The van der Waals surface area contributed by atoms with Crippen molar-refractivity contribution in [3.63, 3.8) is 0 Å². The Morgan fingerprint density at radius 1 is 1.17 bits per heavy atom. The topological polar surface area (TPSA) is 45.9 Å². The van der Waals surface area contributed by atoms with Crippen LogP contribution in [0.5, 0.6) is 5.75 Å². The van der Waals surface area contributed by atoms with Crippen molar-refractivity contribution in [3.05, 3.63) is 70.7 Å². The minimum atomic E-state index is 0.485. The summed E-state index contributed by atoms with van der Waals surface area (Å²) in [5.41, 5.74) is 2.69. The van der Waals surface area contributed by atoms with Gasteiger partial charge >= 0.3 is 0 Å². The summed E-state index contributed by atoms with van der Waals surface area (Å²) < 4.78 is 5.68. The van der Waals surface area contributed by atoms with Gasteiger partial charge in [0.2, 0.25) is 0 Å². The molecule has 3 rings (SSSR count). The molecule has 3 aromatic rings. The molecule has 0 amide bonds. The van der Waals surface area contributed by atoms with Gasteiger partial charge in [0, 0.05) is 22.9 Å². The maximum Gasteiger partial charge on any atom is 0.128 e. The predicted molar refractivity (Wildman–Crippen MR) is 91.5 cm³/mol. The molecule has 113 valence electrons. The van der Waals surface area contributed by atoms with Crippen LogP contribution in [-0.4, -0.2) is 11.6 Å². The molecule has 0 spiro atoms. The Morgan fingerprint density at radius 3 is 2.78 bits per heavy atom. The third-order valence-electron chi connectivity index (χ3n) is 3.40. The Labute approximate surface area is 139 Å². The van der Waals surface area contributed by atoms with Crippen LogP contribution in [0.15, 0.2) is 48.5 Å². The van der Waals surface area contributed by atoms with E-state index < -0.39 is 0 Å². The monoisotopic (exact) mass is 319 g/mol. The van der Waals surface area contributed by atoms with E-state index in [1.54, 1.807) is 23.5 Å². The van der Waals surface area contributed by atoms with Crippen molar-refractivity contribution in [1.82, 2.24) is 4.98 Å². The predicted octanol–water partition coefficient (Wildman–Crippen LogP) is 4.41. The standard InChI is InChI=1S/C19H15N2OS/c1-14-18(21-19(23-14)16-7-3-2-4-8-16)10-11-22-17-9-5-6-15(12-17)13-20/h2-9H,10-11H2,1H3. The fourth-order valence-electron chi connectivity index (χ4n) is 2.22. The second-order valence-corrected chi connectivity index (χ2v) is 6.23. The Hall–Kier alpha value is -2.64. The quantitative estimate of drug-likeness (QED) is 0.699. The summed E-state index contributed by atoms with van der Waals surface area (Å²) in [5.74, 6) is 0.597. The van der Waals surface area contributed by atoms with E-state index in [-0.39, 0.29) is 0 Å². The zero-order chi connectivity index (χ0) is 16.1. The van der Waals surface area contributed by atoms with Crippen LogP contribution in [0, 0.1) is 24.3 Å². The van der Waals surface area contributed by atoms with Crippen LogP contribution in [0.25, 0.3) is 10.6 Å². The lowest BCUT2D eigenvalue weighted by Gasteiger charge is -2.05. The van der Waals surface area contributed by atoms with Gasteiger partial charge in [-0.15, -0.1) is 11.3 Å². The number of ether oxygens (including phenoxy) is 1. The van der Waals surface area contributed by atoms with Crippen LogP contribution >= 0.6 is 11.3 Å². The lowest BCUT2D eigenvalue weighted by atomic mass is 10.2. The average molecular weight is 319 g/mol. The smallest absolute Gasteiger partial charge is 0.128 e. The molecule has 0 aliphatic rings. The molecule has 0 aliphatic carbocycles. The van der Waals surface area contributed by atoms with Crippen molar-refractivity contribution in [2.75, 3.05) is 6.61 Å². The summed E-state index contributed by atoms with van der Waals surface area (Å²) in [6.45, 7) is 2.60. The van der Waals surface area contributed by atoms with Gasteiger partial charge in [0.25, 0.3) is 0 Å². The van der Waals surface area contributed by atoms with Crippen molar-refractivity contribution in [2.24, 2.45) is 0 Å². The molecule has 4 heteroatoms. The maximum atomic E-state index is 8.87. The third kappa shape index (κ3) is 3.77. The van der Waals surface area contributed by atoms with E-state index in [4.69, 9.17) is 15.0 Å². The molecule has 0 fully saturated rings. The number of benzene rings is 2. The third-order valence-corrected chi connectivity index (χ3v) is 4.46. The summed E-state index contributed by atoms with van der Waals surface area (Å²) in [5, 5.41) is 9.91. The van der Waals surface area contributed by atoms with Crippen LogP contribution in [0.1, 0.15) is 16.1 Å². The lowest BCUT2D eigenvalue weighted by molar-refractivity contribution is 0.320.